The van der Waals surface area contributed by atoms with Crippen molar-refractivity contribution in [3.05, 3.63) is 11.7 Å². The van der Waals surface area contributed by atoms with Crippen molar-refractivity contribution >= 4 is 5.97 Å². The van der Waals surface area contributed by atoms with Gasteiger partial charge in [0, 0.05) is 6.61 Å². The first-order valence-electron chi connectivity index (χ1n) is 7.45. The molecule has 0 amide bonds. The first-order valence-corrected chi connectivity index (χ1v) is 7.45. The van der Waals surface area contributed by atoms with Gasteiger partial charge in [0.15, 0.2) is 0 Å². The normalized spacial score (nSPS) is 20.2. The fourth-order valence-corrected chi connectivity index (χ4v) is 2.75. The van der Waals surface area contributed by atoms with E-state index in [1.807, 2.05) is 6.92 Å². The number of rotatable bonds is 5. The molecule has 1 saturated carbocycles. The maximum Gasteiger partial charge on any atom is 0.315 e. The van der Waals surface area contributed by atoms with Crippen LogP contribution in [0.1, 0.15) is 58.2 Å². The number of hydrogen-bond donors (Lipinski definition) is 0. The van der Waals surface area contributed by atoms with Crippen LogP contribution in [0.3, 0.4) is 0 Å². The summed E-state index contributed by atoms with van der Waals surface area (Å²) in [6, 6.07) is 0. The lowest BCUT2D eigenvalue weighted by atomic mass is 9.70. The quantitative estimate of drug-likeness (QED) is 0.778. The van der Waals surface area contributed by atoms with Crippen LogP contribution in [-0.4, -0.2) is 29.8 Å². The van der Waals surface area contributed by atoms with E-state index in [1.165, 1.54) is 7.11 Å². The molecule has 0 unspecified atom stereocenters. The first kappa shape index (κ1) is 15.9. The van der Waals surface area contributed by atoms with E-state index in [0.29, 0.717) is 17.8 Å². The van der Waals surface area contributed by atoms with E-state index >= 15 is 0 Å². The van der Waals surface area contributed by atoms with Crippen LogP contribution < -0.4 is 0 Å². The van der Waals surface area contributed by atoms with E-state index < -0.39 is 5.60 Å². The predicted molar refractivity (Wildman–Crippen MR) is 75.6 cm³/mol. The van der Waals surface area contributed by atoms with E-state index in [-0.39, 0.29) is 18.3 Å². The minimum Gasteiger partial charge on any atom is -0.469 e. The highest BCUT2D eigenvalue weighted by molar-refractivity contribution is 5.71. The van der Waals surface area contributed by atoms with E-state index in [0.717, 1.165) is 25.7 Å². The lowest BCUT2D eigenvalue weighted by Crippen LogP contribution is -2.38. The van der Waals surface area contributed by atoms with Gasteiger partial charge in [-0.05, 0) is 38.0 Å². The minimum atomic E-state index is -0.484. The van der Waals surface area contributed by atoms with Crippen LogP contribution in [0.15, 0.2) is 4.52 Å². The van der Waals surface area contributed by atoms with Gasteiger partial charge in [0.1, 0.15) is 12.0 Å². The Morgan fingerprint density at radius 2 is 1.95 bits per heavy atom. The van der Waals surface area contributed by atoms with Gasteiger partial charge >= 0.3 is 5.97 Å². The van der Waals surface area contributed by atoms with E-state index in [1.54, 1.807) is 0 Å². The maximum absolute atomic E-state index is 11.3. The Hall–Kier alpha value is -1.43. The number of methoxy groups -OCH3 is 1. The van der Waals surface area contributed by atoms with Crippen LogP contribution in [-0.2, 0) is 26.3 Å². The van der Waals surface area contributed by atoms with Crippen LogP contribution in [0.25, 0.3) is 0 Å². The lowest BCUT2D eigenvalue weighted by Gasteiger charge is -2.41. The third kappa shape index (κ3) is 3.61. The summed E-state index contributed by atoms with van der Waals surface area (Å²) in [5.41, 5.74) is -0.165. The number of aromatic nitrogens is 2. The molecule has 0 N–H and O–H groups in total. The Morgan fingerprint density at radius 1 is 1.29 bits per heavy atom. The van der Waals surface area contributed by atoms with Crippen molar-refractivity contribution in [1.82, 2.24) is 10.1 Å². The number of nitrogens with zero attached hydrogens (tertiary/aromatic N) is 2. The monoisotopic (exact) mass is 296 g/mol. The second kappa shape index (κ2) is 6.13. The Balaban J connectivity index is 2.17. The summed E-state index contributed by atoms with van der Waals surface area (Å²) >= 11 is 0. The molecule has 0 bridgehead atoms. The molecule has 21 heavy (non-hydrogen) atoms. The fourth-order valence-electron chi connectivity index (χ4n) is 2.75. The zero-order chi connectivity index (χ0) is 15.5. The molecular formula is C15H24N2O4. The Kier molecular flexibility index (Phi) is 4.66. The number of ether oxygens (including phenoxy) is 2. The summed E-state index contributed by atoms with van der Waals surface area (Å²) in [7, 11) is 1.34. The third-order valence-electron chi connectivity index (χ3n) is 4.23. The van der Waals surface area contributed by atoms with E-state index in [4.69, 9.17) is 9.26 Å². The molecule has 118 valence electrons. The molecule has 1 heterocycles. The number of carbonyl (C=O) groups is 1. The molecule has 0 atom stereocenters. The van der Waals surface area contributed by atoms with Crippen LogP contribution >= 0.6 is 0 Å². The number of hydrogen-bond acceptors (Lipinski definition) is 6. The van der Waals surface area contributed by atoms with Crippen LogP contribution in [0.2, 0.25) is 0 Å². The van der Waals surface area contributed by atoms with Crippen molar-refractivity contribution < 1.29 is 18.8 Å². The average molecular weight is 296 g/mol. The van der Waals surface area contributed by atoms with Crippen molar-refractivity contribution in [3.63, 3.8) is 0 Å². The highest BCUT2D eigenvalue weighted by atomic mass is 16.5. The van der Waals surface area contributed by atoms with E-state index in [9.17, 15) is 4.79 Å². The minimum absolute atomic E-state index is 0.00278. The van der Waals surface area contributed by atoms with Crippen LogP contribution in [0, 0.1) is 5.41 Å². The van der Waals surface area contributed by atoms with Crippen molar-refractivity contribution in [2.75, 3.05) is 13.7 Å². The van der Waals surface area contributed by atoms with Gasteiger partial charge < -0.3 is 14.0 Å². The predicted octanol–water partition coefficient (Wildman–Crippen LogP) is 2.62. The number of esters is 1. The van der Waals surface area contributed by atoms with Crippen molar-refractivity contribution in [2.24, 2.45) is 5.41 Å². The molecule has 6 nitrogen and oxygen atoms in total. The Morgan fingerprint density at radius 3 is 2.52 bits per heavy atom. The molecular weight excluding hydrogens is 272 g/mol. The summed E-state index contributed by atoms with van der Waals surface area (Å²) in [4.78, 5) is 15.6. The van der Waals surface area contributed by atoms with Gasteiger partial charge in [0.2, 0.25) is 11.7 Å². The average Bonchev–Trinajstić information content (AvgIpc) is 2.90. The highest BCUT2D eigenvalue weighted by Gasteiger charge is 2.43. The van der Waals surface area contributed by atoms with Crippen molar-refractivity contribution in [1.29, 1.82) is 0 Å². The summed E-state index contributed by atoms with van der Waals surface area (Å²) in [6.07, 6.45) is 3.83. The largest absolute Gasteiger partial charge is 0.469 e. The standard InChI is InChI=1S/C15H24N2O4/c1-5-20-15(8-6-14(2,3)7-9-15)13-16-11(21-17-13)10-12(18)19-4/h5-10H2,1-4H3. The van der Waals surface area contributed by atoms with Gasteiger partial charge in [-0.1, -0.05) is 19.0 Å². The zero-order valence-electron chi connectivity index (χ0n) is 13.3. The third-order valence-corrected chi connectivity index (χ3v) is 4.23. The Bertz CT molecular complexity index is 486. The lowest BCUT2D eigenvalue weighted by molar-refractivity contribution is -0.140. The SMILES string of the molecule is CCOC1(c2noc(CC(=O)OC)n2)CCC(C)(C)CC1. The molecule has 2 rings (SSSR count). The molecule has 0 aromatic carbocycles. The zero-order valence-corrected chi connectivity index (χ0v) is 13.3. The molecule has 6 heteroatoms. The second-order valence-electron chi connectivity index (χ2n) is 6.36. The van der Waals surface area contributed by atoms with Gasteiger partial charge in [-0.15, -0.1) is 0 Å². The van der Waals surface area contributed by atoms with Gasteiger partial charge in [-0.25, -0.2) is 0 Å². The van der Waals surface area contributed by atoms with Gasteiger partial charge in [-0.3, -0.25) is 4.79 Å². The first-order chi connectivity index (χ1) is 9.91. The van der Waals surface area contributed by atoms with Gasteiger partial charge in [0.05, 0.1) is 7.11 Å². The molecule has 0 radical (unpaired) electrons. The highest BCUT2D eigenvalue weighted by Crippen LogP contribution is 2.46. The maximum atomic E-state index is 11.3. The number of carbonyl (C=O) groups excluding carboxylic acids is 1. The molecule has 1 aromatic heterocycles. The van der Waals surface area contributed by atoms with Crippen LogP contribution in [0.4, 0.5) is 0 Å². The topological polar surface area (TPSA) is 74.5 Å². The smallest absolute Gasteiger partial charge is 0.315 e. The summed E-state index contributed by atoms with van der Waals surface area (Å²) in [5, 5.41) is 4.05. The molecule has 1 aliphatic rings. The second-order valence-corrected chi connectivity index (χ2v) is 6.36. The molecule has 1 aliphatic carbocycles. The molecule has 1 fully saturated rings. The summed E-state index contributed by atoms with van der Waals surface area (Å²) < 4.78 is 15.8. The fraction of sp³-hybridized carbons (Fsp3) is 0.800. The Labute approximate surface area is 125 Å². The molecule has 0 saturated heterocycles. The summed E-state index contributed by atoms with van der Waals surface area (Å²) in [6.45, 7) is 7.10. The van der Waals surface area contributed by atoms with Gasteiger partial charge in [-0.2, -0.15) is 4.98 Å². The van der Waals surface area contributed by atoms with Crippen molar-refractivity contribution in [3.8, 4) is 0 Å². The molecule has 1 aromatic rings. The van der Waals surface area contributed by atoms with E-state index in [2.05, 4.69) is 28.7 Å². The molecule has 0 aliphatic heterocycles. The van der Waals surface area contributed by atoms with Crippen molar-refractivity contribution in [2.45, 2.75) is 58.5 Å². The van der Waals surface area contributed by atoms with Gasteiger partial charge in [0.25, 0.3) is 0 Å². The summed E-state index contributed by atoms with van der Waals surface area (Å²) in [5.74, 6) is 0.444. The van der Waals surface area contributed by atoms with Crippen LogP contribution in [0.5, 0.6) is 0 Å². The molecule has 0 spiro atoms.